The molecule has 0 saturated heterocycles. The zero-order valence-electron chi connectivity index (χ0n) is 12.4. The highest BCUT2D eigenvalue weighted by Gasteiger charge is 2.65. The van der Waals surface area contributed by atoms with Gasteiger partial charge in [-0.3, -0.25) is 9.59 Å². The minimum atomic E-state index is -0.804. The molecule has 3 rings (SSSR count). The lowest BCUT2D eigenvalue weighted by Gasteiger charge is -2.32. The fraction of sp³-hybridized carbons (Fsp3) is 0.667. The predicted molar refractivity (Wildman–Crippen MR) is 78.8 cm³/mol. The summed E-state index contributed by atoms with van der Waals surface area (Å²) < 4.78 is 0. The molecule has 1 heterocycles. The molecule has 5 heteroatoms. The molecule has 2 aliphatic rings. The van der Waals surface area contributed by atoms with Crippen LogP contribution in [0, 0.1) is 30.6 Å². The first-order valence-corrected chi connectivity index (χ1v) is 7.89. The Morgan fingerprint density at radius 2 is 2.10 bits per heavy atom. The number of nitrogens with one attached hydrogen (secondary N) is 1. The summed E-state index contributed by atoms with van der Waals surface area (Å²) in [6, 6.07) is 0. The smallest absolute Gasteiger partial charge is 0.239 e. The maximum atomic E-state index is 12.6. The van der Waals surface area contributed by atoms with E-state index in [0.717, 1.165) is 17.0 Å². The van der Waals surface area contributed by atoms with Crippen LogP contribution in [0.4, 0.5) is 5.13 Å². The number of carbonyl (C=O) groups is 2. The normalized spacial score (nSPS) is 30.8. The number of fused-ring (bicyclic) bond motifs is 2. The number of carbonyl (C=O) groups excluding carboxylic acids is 2. The fourth-order valence-electron chi connectivity index (χ4n) is 3.72. The van der Waals surface area contributed by atoms with Crippen molar-refractivity contribution in [2.75, 3.05) is 5.32 Å². The van der Waals surface area contributed by atoms with Gasteiger partial charge in [-0.25, -0.2) is 4.98 Å². The highest BCUT2D eigenvalue weighted by molar-refractivity contribution is 7.15. The second kappa shape index (κ2) is 4.13. The summed E-state index contributed by atoms with van der Waals surface area (Å²) in [4.78, 5) is 30.7. The molecule has 0 aromatic carbocycles. The van der Waals surface area contributed by atoms with E-state index in [0.29, 0.717) is 23.9 Å². The first-order valence-electron chi connectivity index (χ1n) is 7.08. The van der Waals surface area contributed by atoms with Gasteiger partial charge in [0.15, 0.2) is 10.9 Å². The summed E-state index contributed by atoms with van der Waals surface area (Å²) in [5, 5.41) is 3.49. The molecule has 20 heavy (non-hydrogen) atoms. The van der Waals surface area contributed by atoms with E-state index in [9.17, 15) is 9.59 Å². The molecule has 2 atom stereocenters. The van der Waals surface area contributed by atoms with E-state index in [1.807, 2.05) is 27.7 Å². The van der Waals surface area contributed by atoms with Crippen molar-refractivity contribution in [1.29, 1.82) is 0 Å². The van der Waals surface area contributed by atoms with Gasteiger partial charge in [-0.2, -0.15) is 0 Å². The van der Waals surface area contributed by atoms with E-state index >= 15 is 0 Å². The Balaban J connectivity index is 1.86. The second-order valence-electron chi connectivity index (χ2n) is 6.69. The van der Waals surface area contributed by atoms with Gasteiger partial charge in [-0.15, -0.1) is 11.3 Å². The summed E-state index contributed by atoms with van der Waals surface area (Å²) in [7, 11) is 0. The standard InChI is InChI=1S/C15H20N2O2S/c1-8-9(2)20-13(16-8)17-12(19)15-6-5-10(7-15)14(3,4)11(15)18/h10H,5-7H2,1-4H3,(H,16,17,19). The summed E-state index contributed by atoms with van der Waals surface area (Å²) in [5.74, 6) is 0.314. The predicted octanol–water partition coefficient (Wildman–Crippen LogP) is 3.09. The van der Waals surface area contributed by atoms with E-state index in [-0.39, 0.29) is 17.1 Å². The SMILES string of the molecule is Cc1nc(NC(=O)C23CCC(C2)C(C)(C)C3=O)sc1C. The Labute approximate surface area is 123 Å². The quantitative estimate of drug-likeness (QED) is 0.852. The Kier molecular flexibility index (Phi) is 2.84. The Hall–Kier alpha value is -1.23. The van der Waals surface area contributed by atoms with Gasteiger partial charge >= 0.3 is 0 Å². The first kappa shape index (κ1) is 13.7. The highest BCUT2D eigenvalue weighted by Crippen LogP contribution is 2.60. The van der Waals surface area contributed by atoms with Crippen LogP contribution < -0.4 is 5.32 Å². The number of thiazole rings is 1. The Morgan fingerprint density at radius 1 is 1.40 bits per heavy atom. The summed E-state index contributed by atoms with van der Waals surface area (Å²) in [6.07, 6.45) is 2.37. The molecule has 0 aliphatic heterocycles. The van der Waals surface area contributed by atoms with Crippen molar-refractivity contribution in [3.63, 3.8) is 0 Å². The van der Waals surface area contributed by atoms with E-state index in [2.05, 4.69) is 10.3 Å². The largest absolute Gasteiger partial charge is 0.301 e. The molecule has 1 aromatic rings. The Morgan fingerprint density at radius 3 is 2.60 bits per heavy atom. The number of aryl methyl sites for hydroxylation is 2. The molecular formula is C15H20N2O2S. The van der Waals surface area contributed by atoms with E-state index in [1.54, 1.807) is 0 Å². The van der Waals surface area contributed by atoms with Crippen molar-refractivity contribution in [3.05, 3.63) is 10.6 Å². The molecular weight excluding hydrogens is 272 g/mol. The van der Waals surface area contributed by atoms with Gasteiger partial charge in [-0.05, 0) is 39.0 Å². The number of nitrogens with zero attached hydrogens (tertiary/aromatic N) is 1. The minimum absolute atomic E-state index is 0.115. The van der Waals surface area contributed by atoms with E-state index < -0.39 is 5.41 Å². The second-order valence-corrected chi connectivity index (χ2v) is 7.89. The molecule has 2 bridgehead atoms. The maximum Gasteiger partial charge on any atom is 0.239 e. The number of Topliss-reactive ketones (excluding diaryl/α,β-unsaturated/α-hetero) is 1. The van der Waals surface area contributed by atoms with Gasteiger partial charge in [-0.1, -0.05) is 13.8 Å². The molecule has 0 spiro atoms. The number of aromatic nitrogens is 1. The number of anilines is 1. The van der Waals surface area contributed by atoms with Crippen LogP contribution in [0.2, 0.25) is 0 Å². The number of hydrogen-bond donors (Lipinski definition) is 1. The zero-order chi connectivity index (χ0) is 14.7. The molecule has 2 saturated carbocycles. The fourth-order valence-corrected chi connectivity index (χ4v) is 4.53. The van der Waals surface area contributed by atoms with Gasteiger partial charge in [0.05, 0.1) is 5.69 Å². The topological polar surface area (TPSA) is 59.1 Å². The summed E-state index contributed by atoms with van der Waals surface area (Å²) in [6.45, 7) is 7.86. The van der Waals surface area contributed by atoms with Crippen molar-refractivity contribution >= 4 is 28.2 Å². The van der Waals surface area contributed by atoms with Crippen LogP contribution in [0.15, 0.2) is 0 Å². The number of hydrogen-bond acceptors (Lipinski definition) is 4. The van der Waals surface area contributed by atoms with Crippen molar-refractivity contribution in [1.82, 2.24) is 4.98 Å². The average Bonchev–Trinajstić information content (AvgIpc) is 2.98. The summed E-state index contributed by atoms with van der Waals surface area (Å²) >= 11 is 1.47. The van der Waals surface area contributed by atoms with Crippen LogP contribution in [0.1, 0.15) is 43.7 Å². The van der Waals surface area contributed by atoms with Crippen LogP contribution in [-0.4, -0.2) is 16.7 Å². The van der Waals surface area contributed by atoms with Gasteiger partial charge in [0, 0.05) is 10.3 Å². The zero-order valence-corrected chi connectivity index (χ0v) is 13.2. The van der Waals surface area contributed by atoms with Gasteiger partial charge < -0.3 is 5.32 Å². The number of ketones is 1. The highest BCUT2D eigenvalue weighted by atomic mass is 32.1. The Bertz CT molecular complexity index is 586. The van der Waals surface area contributed by atoms with E-state index in [1.165, 1.54) is 11.3 Å². The third-order valence-electron chi connectivity index (χ3n) is 5.24. The number of rotatable bonds is 2. The molecule has 2 fully saturated rings. The summed E-state index contributed by atoms with van der Waals surface area (Å²) in [5.41, 5.74) is -0.225. The third kappa shape index (κ3) is 1.68. The minimum Gasteiger partial charge on any atom is -0.301 e. The molecule has 2 unspecified atom stereocenters. The van der Waals surface area contributed by atoms with Crippen molar-refractivity contribution in [3.8, 4) is 0 Å². The van der Waals surface area contributed by atoms with Gasteiger partial charge in [0.25, 0.3) is 0 Å². The average molecular weight is 292 g/mol. The van der Waals surface area contributed by atoms with Crippen LogP contribution in [-0.2, 0) is 9.59 Å². The lowest BCUT2D eigenvalue weighted by atomic mass is 9.70. The maximum absolute atomic E-state index is 12.6. The van der Waals surface area contributed by atoms with Gasteiger partial charge in [0.2, 0.25) is 5.91 Å². The van der Waals surface area contributed by atoms with Crippen molar-refractivity contribution < 1.29 is 9.59 Å². The lowest BCUT2D eigenvalue weighted by Crippen LogP contribution is -2.44. The van der Waals surface area contributed by atoms with Crippen LogP contribution in [0.5, 0.6) is 0 Å². The van der Waals surface area contributed by atoms with Crippen LogP contribution in [0.25, 0.3) is 0 Å². The third-order valence-corrected chi connectivity index (χ3v) is 6.23. The molecule has 1 N–H and O–H groups in total. The molecule has 1 amide bonds. The van der Waals surface area contributed by atoms with Gasteiger partial charge in [0.1, 0.15) is 5.41 Å². The van der Waals surface area contributed by atoms with Crippen LogP contribution in [0.3, 0.4) is 0 Å². The van der Waals surface area contributed by atoms with Crippen molar-refractivity contribution in [2.45, 2.75) is 47.0 Å². The molecule has 2 aliphatic carbocycles. The molecule has 0 radical (unpaired) electrons. The molecule has 108 valence electrons. The van der Waals surface area contributed by atoms with Crippen LogP contribution >= 0.6 is 11.3 Å². The monoisotopic (exact) mass is 292 g/mol. The number of amides is 1. The molecule has 1 aromatic heterocycles. The van der Waals surface area contributed by atoms with Crippen molar-refractivity contribution in [2.24, 2.45) is 16.7 Å². The lowest BCUT2D eigenvalue weighted by molar-refractivity contribution is -0.142. The van der Waals surface area contributed by atoms with E-state index in [4.69, 9.17) is 0 Å². The molecule has 4 nitrogen and oxygen atoms in total. The first-order chi connectivity index (χ1) is 9.27.